The maximum Gasteiger partial charge on any atom is 0.265 e. The van der Waals surface area contributed by atoms with E-state index >= 15 is 0 Å². The third-order valence-corrected chi connectivity index (χ3v) is 4.67. The summed E-state index contributed by atoms with van der Waals surface area (Å²) in [5.74, 6) is -0.781. The van der Waals surface area contributed by atoms with Gasteiger partial charge >= 0.3 is 0 Å². The Hall–Kier alpha value is -2.89. The molecule has 1 heterocycles. The number of carbonyl (C=O) groups excluding carboxylic acids is 2. The number of nitrogens with one attached hydrogen (secondary N) is 1. The molecule has 5 nitrogen and oxygen atoms in total. The van der Waals surface area contributed by atoms with Gasteiger partial charge in [0.05, 0.1) is 0 Å². The van der Waals surface area contributed by atoms with Gasteiger partial charge in [-0.05, 0) is 55.7 Å². The molecule has 0 aromatic heterocycles. The van der Waals surface area contributed by atoms with Crippen LogP contribution in [0.3, 0.4) is 0 Å². The molecule has 0 radical (unpaired) electrons. The molecule has 2 unspecified atom stereocenters. The van der Waals surface area contributed by atoms with Crippen LogP contribution in [0.1, 0.15) is 32.8 Å². The van der Waals surface area contributed by atoms with E-state index in [2.05, 4.69) is 5.32 Å². The van der Waals surface area contributed by atoms with Crippen molar-refractivity contribution in [3.8, 4) is 5.75 Å². The Bertz CT molecular complexity index is 868. The highest BCUT2D eigenvalue weighted by atomic mass is 19.1. The molecule has 2 aromatic carbocycles. The third kappa shape index (κ3) is 3.94. The maximum atomic E-state index is 13.8. The smallest absolute Gasteiger partial charge is 0.265 e. The molecule has 27 heavy (non-hydrogen) atoms. The summed E-state index contributed by atoms with van der Waals surface area (Å²) in [6.45, 7) is 5.35. The number of hydrogen-bond acceptors (Lipinski definition) is 3. The van der Waals surface area contributed by atoms with E-state index in [1.54, 1.807) is 36.9 Å². The van der Waals surface area contributed by atoms with Gasteiger partial charge in [0.2, 0.25) is 5.91 Å². The van der Waals surface area contributed by atoms with Gasteiger partial charge < -0.3 is 15.0 Å². The number of fused-ring (bicyclic) bond motifs is 1. The number of nitrogens with zero attached hydrogens (tertiary/aromatic N) is 1. The van der Waals surface area contributed by atoms with Crippen molar-refractivity contribution in [1.82, 2.24) is 0 Å². The number of anilines is 2. The first kappa shape index (κ1) is 18.9. The van der Waals surface area contributed by atoms with E-state index in [9.17, 15) is 14.0 Å². The van der Waals surface area contributed by atoms with Crippen molar-refractivity contribution in [2.45, 2.75) is 45.8 Å². The van der Waals surface area contributed by atoms with Crippen molar-refractivity contribution >= 4 is 23.2 Å². The van der Waals surface area contributed by atoms with Crippen LogP contribution >= 0.6 is 0 Å². The van der Waals surface area contributed by atoms with Gasteiger partial charge in [0.25, 0.3) is 5.91 Å². The number of hydrogen-bond donors (Lipinski definition) is 1. The Morgan fingerprint density at radius 3 is 2.70 bits per heavy atom. The number of halogens is 1. The van der Waals surface area contributed by atoms with Gasteiger partial charge in [-0.2, -0.15) is 0 Å². The molecule has 0 bridgehead atoms. The van der Waals surface area contributed by atoms with Crippen LogP contribution in [0.15, 0.2) is 42.5 Å². The first-order valence-electron chi connectivity index (χ1n) is 9.05. The van der Waals surface area contributed by atoms with E-state index in [0.717, 1.165) is 17.7 Å². The fourth-order valence-corrected chi connectivity index (χ4v) is 3.43. The van der Waals surface area contributed by atoms with Gasteiger partial charge in [-0.25, -0.2) is 4.39 Å². The molecule has 2 aromatic rings. The minimum absolute atomic E-state index is 0.00219. The minimum Gasteiger partial charge on any atom is -0.478 e. The SMILES string of the molecule is CCC(Oc1ccccc1F)C(=O)Nc1ccc2c(c1)CC(C)N2C(C)=O. The van der Waals surface area contributed by atoms with E-state index in [1.165, 1.54) is 12.1 Å². The van der Waals surface area contributed by atoms with Gasteiger partial charge in [0, 0.05) is 24.3 Å². The van der Waals surface area contributed by atoms with Crippen LogP contribution < -0.4 is 15.0 Å². The molecule has 1 aliphatic rings. The summed E-state index contributed by atoms with van der Waals surface area (Å²) in [7, 11) is 0. The van der Waals surface area contributed by atoms with Crippen LogP contribution in [0.25, 0.3) is 0 Å². The Morgan fingerprint density at radius 1 is 1.30 bits per heavy atom. The van der Waals surface area contributed by atoms with Crippen molar-refractivity contribution in [2.75, 3.05) is 10.2 Å². The molecule has 1 N–H and O–H groups in total. The van der Waals surface area contributed by atoms with E-state index in [-0.39, 0.29) is 23.6 Å². The lowest BCUT2D eigenvalue weighted by atomic mass is 10.1. The molecular weight excluding hydrogens is 347 g/mol. The molecule has 1 aliphatic heterocycles. The Balaban J connectivity index is 1.73. The van der Waals surface area contributed by atoms with E-state index in [4.69, 9.17) is 4.74 Å². The predicted octanol–water partition coefficient (Wildman–Crippen LogP) is 3.92. The number of ether oxygens (including phenoxy) is 1. The summed E-state index contributed by atoms with van der Waals surface area (Å²) in [6.07, 6.45) is 0.338. The fourth-order valence-electron chi connectivity index (χ4n) is 3.43. The zero-order valence-electron chi connectivity index (χ0n) is 15.7. The third-order valence-electron chi connectivity index (χ3n) is 4.67. The number of benzene rings is 2. The Labute approximate surface area is 158 Å². The number of carbonyl (C=O) groups is 2. The van der Waals surface area contributed by atoms with Crippen molar-refractivity contribution in [1.29, 1.82) is 0 Å². The minimum atomic E-state index is -0.803. The zero-order chi connectivity index (χ0) is 19.6. The zero-order valence-corrected chi connectivity index (χ0v) is 15.7. The monoisotopic (exact) mass is 370 g/mol. The van der Waals surface area contributed by atoms with E-state index in [1.807, 2.05) is 19.1 Å². The molecule has 2 amide bonds. The summed E-state index contributed by atoms with van der Waals surface area (Å²) in [5, 5.41) is 2.83. The second-order valence-electron chi connectivity index (χ2n) is 6.72. The topological polar surface area (TPSA) is 58.6 Å². The van der Waals surface area contributed by atoms with E-state index in [0.29, 0.717) is 12.1 Å². The van der Waals surface area contributed by atoms with Crippen LogP contribution in [0.2, 0.25) is 0 Å². The number of amides is 2. The average molecular weight is 370 g/mol. The number of para-hydroxylation sites is 1. The van der Waals surface area contributed by atoms with Gasteiger partial charge in [0.1, 0.15) is 0 Å². The maximum absolute atomic E-state index is 13.8. The lowest BCUT2D eigenvalue weighted by Crippen LogP contribution is -2.33. The predicted molar refractivity (Wildman–Crippen MR) is 103 cm³/mol. The second kappa shape index (κ2) is 7.78. The van der Waals surface area contributed by atoms with Gasteiger partial charge in [-0.15, -0.1) is 0 Å². The molecule has 0 aliphatic carbocycles. The molecule has 6 heteroatoms. The largest absolute Gasteiger partial charge is 0.478 e. The lowest BCUT2D eigenvalue weighted by molar-refractivity contribution is -0.123. The molecule has 0 fully saturated rings. The lowest BCUT2D eigenvalue weighted by Gasteiger charge is -2.21. The van der Waals surface area contributed by atoms with Crippen LogP contribution in [-0.2, 0) is 16.0 Å². The fraction of sp³-hybridized carbons (Fsp3) is 0.333. The van der Waals surface area contributed by atoms with Crippen LogP contribution in [0.5, 0.6) is 5.75 Å². The van der Waals surface area contributed by atoms with Crippen LogP contribution in [0.4, 0.5) is 15.8 Å². The Kier molecular flexibility index (Phi) is 5.44. The number of rotatable bonds is 5. The summed E-state index contributed by atoms with van der Waals surface area (Å²) in [5.41, 5.74) is 2.52. The highest BCUT2D eigenvalue weighted by Gasteiger charge is 2.29. The normalized spacial score (nSPS) is 16.6. The summed E-state index contributed by atoms with van der Waals surface area (Å²) in [4.78, 5) is 26.2. The van der Waals surface area contributed by atoms with Crippen LogP contribution in [-0.4, -0.2) is 24.0 Å². The molecule has 0 saturated heterocycles. The second-order valence-corrected chi connectivity index (χ2v) is 6.72. The molecule has 2 atom stereocenters. The van der Waals surface area contributed by atoms with Crippen molar-refractivity contribution < 1.29 is 18.7 Å². The summed E-state index contributed by atoms with van der Waals surface area (Å²) in [6, 6.07) is 11.6. The van der Waals surface area contributed by atoms with E-state index < -0.39 is 11.9 Å². The average Bonchev–Trinajstić information content (AvgIpc) is 2.96. The summed E-state index contributed by atoms with van der Waals surface area (Å²) >= 11 is 0. The van der Waals surface area contributed by atoms with Gasteiger partial charge in [-0.1, -0.05) is 19.1 Å². The molecule has 0 spiro atoms. The van der Waals surface area contributed by atoms with Crippen molar-refractivity contribution in [3.05, 3.63) is 53.8 Å². The van der Waals surface area contributed by atoms with Crippen molar-refractivity contribution in [3.63, 3.8) is 0 Å². The molecule has 0 saturated carbocycles. The van der Waals surface area contributed by atoms with Gasteiger partial charge in [0.15, 0.2) is 17.7 Å². The Morgan fingerprint density at radius 2 is 2.04 bits per heavy atom. The highest BCUT2D eigenvalue weighted by molar-refractivity contribution is 5.97. The van der Waals surface area contributed by atoms with Gasteiger partial charge in [-0.3, -0.25) is 9.59 Å². The molecule has 3 rings (SSSR count). The molecule has 142 valence electrons. The summed E-state index contributed by atoms with van der Waals surface area (Å²) < 4.78 is 19.3. The molecular formula is C21H23FN2O3. The van der Waals surface area contributed by atoms with Crippen LogP contribution in [0, 0.1) is 5.82 Å². The first-order chi connectivity index (χ1) is 12.9. The van der Waals surface area contributed by atoms with Crippen molar-refractivity contribution in [2.24, 2.45) is 0 Å². The highest BCUT2D eigenvalue weighted by Crippen LogP contribution is 2.34. The standard InChI is InChI=1S/C21H23FN2O3/c1-4-19(27-20-8-6-5-7-17(20)22)21(26)23-16-9-10-18-15(12-16)11-13(2)24(18)14(3)25/h5-10,12-13,19H,4,11H2,1-3H3,(H,23,26). The quantitative estimate of drug-likeness (QED) is 0.868. The first-order valence-corrected chi connectivity index (χ1v) is 9.05.